The molecule has 120 valence electrons. The first kappa shape index (κ1) is 14.8. The van der Waals surface area contributed by atoms with Crippen LogP contribution in [0.5, 0.6) is 0 Å². The van der Waals surface area contributed by atoms with Crippen LogP contribution in [0.1, 0.15) is 43.9 Å². The molecule has 3 nitrogen and oxygen atoms in total. The second kappa shape index (κ2) is 4.84. The zero-order chi connectivity index (χ0) is 16.2. The minimum atomic E-state index is -0.256. The lowest BCUT2D eigenvalue weighted by Gasteiger charge is -2.32. The van der Waals surface area contributed by atoms with Gasteiger partial charge in [0.1, 0.15) is 5.82 Å². The maximum absolute atomic E-state index is 14.1. The van der Waals surface area contributed by atoms with Gasteiger partial charge in [-0.05, 0) is 47.9 Å². The fourth-order valence-electron chi connectivity index (χ4n) is 4.60. The molecule has 0 saturated heterocycles. The van der Waals surface area contributed by atoms with Crippen molar-refractivity contribution < 1.29 is 9.13 Å². The van der Waals surface area contributed by atoms with Crippen LogP contribution < -0.4 is 0 Å². The van der Waals surface area contributed by atoms with Crippen molar-refractivity contribution in [3.05, 3.63) is 47.4 Å². The third-order valence-electron chi connectivity index (χ3n) is 6.11. The molecule has 1 spiro atoms. The molecule has 2 aliphatic carbocycles. The van der Waals surface area contributed by atoms with Gasteiger partial charge in [-0.3, -0.25) is 0 Å². The SMILES string of the molecule is COC[C@@]1(C)c2nnc(-c3ccccc3F)cc2C(C)C12CC2. The lowest BCUT2D eigenvalue weighted by molar-refractivity contribution is 0.0910. The highest BCUT2D eigenvalue weighted by molar-refractivity contribution is 5.62. The van der Waals surface area contributed by atoms with E-state index >= 15 is 0 Å². The normalized spacial score (nSPS) is 27.2. The van der Waals surface area contributed by atoms with Gasteiger partial charge >= 0.3 is 0 Å². The van der Waals surface area contributed by atoms with E-state index in [1.165, 1.54) is 24.5 Å². The van der Waals surface area contributed by atoms with Crippen LogP contribution in [0, 0.1) is 11.2 Å². The molecule has 2 atom stereocenters. The summed E-state index contributed by atoms with van der Waals surface area (Å²) in [6.07, 6.45) is 2.39. The topological polar surface area (TPSA) is 35.0 Å². The van der Waals surface area contributed by atoms with E-state index in [1.807, 2.05) is 12.1 Å². The molecule has 4 rings (SSSR count). The van der Waals surface area contributed by atoms with Crippen LogP contribution in [0.25, 0.3) is 11.3 Å². The molecule has 0 N–H and O–H groups in total. The van der Waals surface area contributed by atoms with Gasteiger partial charge in [-0.1, -0.05) is 26.0 Å². The minimum absolute atomic E-state index is 0.0999. The zero-order valence-corrected chi connectivity index (χ0v) is 13.8. The van der Waals surface area contributed by atoms with Gasteiger partial charge in [0.2, 0.25) is 0 Å². The molecular formula is C19H21FN2O. The number of hydrogen-bond donors (Lipinski definition) is 0. The van der Waals surface area contributed by atoms with E-state index in [0.717, 1.165) is 5.69 Å². The molecule has 1 unspecified atom stereocenters. The second-order valence-corrected chi connectivity index (χ2v) is 7.16. The predicted molar refractivity (Wildman–Crippen MR) is 86.7 cm³/mol. The summed E-state index contributed by atoms with van der Waals surface area (Å²) < 4.78 is 19.6. The van der Waals surface area contributed by atoms with Crippen LogP contribution in [-0.2, 0) is 10.2 Å². The molecule has 1 heterocycles. The maximum atomic E-state index is 14.1. The summed E-state index contributed by atoms with van der Waals surface area (Å²) in [7, 11) is 1.74. The lowest BCUT2D eigenvalue weighted by Crippen LogP contribution is -2.36. The maximum Gasteiger partial charge on any atom is 0.132 e. The largest absolute Gasteiger partial charge is 0.384 e. The van der Waals surface area contributed by atoms with Gasteiger partial charge < -0.3 is 4.74 Å². The first-order valence-electron chi connectivity index (χ1n) is 8.15. The highest BCUT2D eigenvalue weighted by Gasteiger charge is 2.66. The van der Waals surface area contributed by atoms with Gasteiger partial charge in [-0.25, -0.2) is 4.39 Å². The van der Waals surface area contributed by atoms with E-state index < -0.39 is 0 Å². The number of nitrogens with zero attached hydrogens (tertiary/aromatic N) is 2. The van der Waals surface area contributed by atoms with Crippen molar-refractivity contribution in [2.45, 2.75) is 38.0 Å². The van der Waals surface area contributed by atoms with Gasteiger partial charge in [-0.15, -0.1) is 0 Å². The van der Waals surface area contributed by atoms with Crippen LogP contribution in [0.4, 0.5) is 4.39 Å². The van der Waals surface area contributed by atoms with Crippen molar-refractivity contribution in [3.63, 3.8) is 0 Å². The summed E-state index contributed by atoms with van der Waals surface area (Å²) in [6, 6.07) is 8.77. The van der Waals surface area contributed by atoms with Gasteiger partial charge in [0.25, 0.3) is 0 Å². The Morgan fingerprint density at radius 3 is 2.65 bits per heavy atom. The molecule has 0 aliphatic heterocycles. The Hall–Kier alpha value is -1.81. The molecule has 2 aromatic rings. The van der Waals surface area contributed by atoms with Crippen molar-refractivity contribution in [3.8, 4) is 11.3 Å². The molecule has 0 bridgehead atoms. The third kappa shape index (κ3) is 1.84. The minimum Gasteiger partial charge on any atom is -0.384 e. The molecular weight excluding hydrogens is 291 g/mol. The summed E-state index contributed by atoms with van der Waals surface area (Å²) >= 11 is 0. The van der Waals surface area contributed by atoms with Crippen LogP contribution in [0.2, 0.25) is 0 Å². The molecule has 1 aromatic heterocycles. The van der Waals surface area contributed by atoms with E-state index in [1.54, 1.807) is 19.2 Å². The third-order valence-corrected chi connectivity index (χ3v) is 6.11. The number of ether oxygens (including phenoxy) is 1. The van der Waals surface area contributed by atoms with E-state index in [0.29, 0.717) is 23.8 Å². The van der Waals surface area contributed by atoms with E-state index in [4.69, 9.17) is 4.74 Å². The Kier molecular flexibility index (Phi) is 3.11. The average molecular weight is 312 g/mol. The van der Waals surface area contributed by atoms with E-state index in [2.05, 4.69) is 24.0 Å². The van der Waals surface area contributed by atoms with Gasteiger partial charge in [0.15, 0.2) is 0 Å². The summed E-state index contributed by atoms with van der Waals surface area (Å²) in [5.74, 6) is 0.145. The van der Waals surface area contributed by atoms with Crippen molar-refractivity contribution in [2.75, 3.05) is 13.7 Å². The molecule has 4 heteroatoms. The Balaban J connectivity index is 1.85. The fourth-order valence-corrected chi connectivity index (χ4v) is 4.60. The van der Waals surface area contributed by atoms with Gasteiger partial charge in [0, 0.05) is 18.1 Å². The number of benzene rings is 1. The molecule has 1 fully saturated rings. The Morgan fingerprint density at radius 2 is 2.00 bits per heavy atom. The Bertz CT molecular complexity index is 772. The van der Waals surface area contributed by atoms with Crippen molar-refractivity contribution in [1.82, 2.24) is 10.2 Å². The average Bonchev–Trinajstić information content (AvgIpc) is 3.34. The lowest BCUT2D eigenvalue weighted by atomic mass is 9.73. The second-order valence-electron chi connectivity index (χ2n) is 7.16. The zero-order valence-electron chi connectivity index (χ0n) is 13.8. The highest BCUT2D eigenvalue weighted by atomic mass is 19.1. The van der Waals surface area contributed by atoms with Gasteiger partial charge in [-0.2, -0.15) is 10.2 Å². The number of hydrogen-bond acceptors (Lipinski definition) is 3. The standard InChI is InChI=1S/C19H21FN2O/c1-12-14-10-16(13-6-4-5-7-15(13)20)21-22-17(14)18(2,11-23-3)19(12)8-9-19/h4-7,10,12H,8-9,11H2,1-3H3/t12?,18-/m0/s1. The van der Waals surface area contributed by atoms with Crippen LogP contribution in [-0.4, -0.2) is 23.9 Å². The molecule has 1 saturated carbocycles. The van der Waals surface area contributed by atoms with Gasteiger partial charge in [0.05, 0.1) is 18.0 Å². The summed E-state index contributed by atoms with van der Waals surface area (Å²) in [6.45, 7) is 5.15. The number of methoxy groups -OCH3 is 1. The van der Waals surface area contributed by atoms with E-state index in [9.17, 15) is 4.39 Å². The van der Waals surface area contributed by atoms with Crippen LogP contribution >= 0.6 is 0 Å². The molecule has 2 aliphatic rings. The van der Waals surface area contributed by atoms with E-state index in [-0.39, 0.29) is 16.6 Å². The fraction of sp³-hybridized carbons (Fsp3) is 0.474. The number of halogens is 1. The van der Waals surface area contributed by atoms with Crippen molar-refractivity contribution in [2.24, 2.45) is 5.41 Å². The number of fused-ring (bicyclic) bond motifs is 1. The highest BCUT2D eigenvalue weighted by Crippen LogP contribution is 2.71. The molecule has 1 aromatic carbocycles. The van der Waals surface area contributed by atoms with Crippen molar-refractivity contribution >= 4 is 0 Å². The molecule has 0 radical (unpaired) electrons. The molecule has 23 heavy (non-hydrogen) atoms. The monoisotopic (exact) mass is 312 g/mol. The molecule has 0 amide bonds. The van der Waals surface area contributed by atoms with Crippen LogP contribution in [0.15, 0.2) is 30.3 Å². The van der Waals surface area contributed by atoms with Crippen LogP contribution in [0.3, 0.4) is 0 Å². The quantitative estimate of drug-likeness (QED) is 0.856. The van der Waals surface area contributed by atoms with Crippen molar-refractivity contribution in [1.29, 1.82) is 0 Å². The summed E-state index contributed by atoms with van der Waals surface area (Å²) in [4.78, 5) is 0. The summed E-state index contributed by atoms with van der Waals surface area (Å²) in [5, 5.41) is 8.88. The first-order chi connectivity index (χ1) is 11.0. The predicted octanol–water partition coefficient (Wildman–Crippen LogP) is 4.08. The Morgan fingerprint density at radius 1 is 1.26 bits per heavy atom. The summed E-state index contributed by atoms with van der Waals surface area (Å²) in [5.41, 5.74) is 3.50. The Labute approximate surface area is 135 Å². The first-order valence-corrected chi connectivity index (χ1v) is 8.15. The smallest absolute Gasteiger partial charge is 0.132 e. The number of aromatic nitrogens is 2. The number of rotatable bonds is 3.